The Morgan fingerprint density at radius 3 is 2.60 bits per heavy atom. The average molecular weight is 559 g/mol. The van der Waals surface area contributed by atoms with Crippen LogP contribution in [0.25, 0.3) is 26.6 Å². The first-order valence-electron chi connectivity index (χ1n) is 13.7. The molecule has 0 unspecified atom stereocenters. The molecule has 208 valence electrons. The average Bonchev–Trinajstić information content (AvgIpc) is 3.64. The second-order valence-corrected chi connectivity index (χ2v) is 12.3. The smallest absolute Gasteiger partial charge is 0.196 e. The summed E-state index contributed by atoms with van der Waals surface area (Å²) >= 11 is 1.58. The van der Waals surface area contributed by atoms with Crippen molar-refractivity contribution in [2.45, 2.75) is 39.0 Å². The van der Waals surface area contributed by atoms with Gasteiger partial charge in [-0.05, 0) is 17.7 Å². The Hall–Kier alpha value is -3.60. The SMILES string of the molecule is CC(C)(C)c1cc(CC(=O)Cc2ccc(-c3cn4c(n3)sc3nc(NCCN5CCOCC5)ccc34)cc2)no1. The molecule has 1 aromatic carbocycles. The number of carbonyl (C=O) groups is 1. The lowest BCUT2D eigenvalue weighted by Gasteiger charge is -2.26. The summed E-state index contributed by atoms with van der Waals surface area (Å²) in [7, 11) is 0. The highest BCUT2D eigenvalue weighted by Gasteiger charge is 2.20. The molecule has 5 heterocycles. The molecule has 1 fully saturated rings. The van der Waals surface area contributed by atoms with Crippen LogP contribution in [0.2, 0.25) is 0 Å². The van der Waals surface area contributed by atoms with Gasteiger partial charge in [0.15, 0.2) is 4.96 Å². The lowest BCUT2D eigenvalue weighted by Crippen LogP contribution is -2.39. The van der Waals surface area contributed by atoms with E-state index in [2.05, 4.69) is 52.8 Å². The van der Waals surface area contributed by atoms with Crippen molar-refractivity contribution < 1.29 is 14.1 Å². The zero-order valence-corrected chi connectivity index (χ0v) is 24.0. The summed E-state index contributed by atoms with van der Waals surface area (Å²) in [6.07, 6.45) is 2.68. The maximum Gasteiger partial charge on any atom is 0.196 e. The molecule has 0 spiro atoms. The largest absolute Gasteiger partial charge is 0.379 e. The molecular weight excluding hydrogens is 524 g/mol. The highest BCUT2D eigenvalue weighted by atomic mass is 32.1. The molecule has 9 nitrogen and oxygen atoms in total. The number of hydrogen-bond acceptors (Lipinski definition) is 9. The van der Waals surface area contributed by atoms with Gasteiger partial charge in [-0.3, -0.25) is 14.1 Å². The van der Waals surface area contributed by atoms with E-state index in [-0.39, 0.29) is 17.6 Å². The van der Waals surface area contributed by atoms with Gasteiger partial charge in [0.1, 0.15) is 22.2 Å². The van der Waals surface area contributed by atoms with E-state index in [0.717, 1.165) is 83.1 Å². The summed E-state index contributed by atoms with van der Waals surface area (Å²) in [6, 6.07) is 14.1. The standard InChI is InChI=1S/C30H34N6O3S/c1-30(2,3)26-18-22(34-39-26)17-23(37)16-20-4-6-21(7-5-20)24-19-36-25-8-9-27(33-28(25)40-29(36)32-24)31-10-11-35-12-14-38-15-13-35/h4-9,18-19H,10-17H2,1-3H3,(H,31,33). The van der Waals surface area contributed by atoms with Crippen molar-refractivity contribution in [2.75, 3.05) is 44.7 Å². The Labute approximate surface area is 237 Å². The first-order chi connectivity index (χ1) is 19.3. The van der Waals surface area contributed by atoms with E-state index in [1.807, 2.05) is 36.4 Å². The van der Waals surface area contributed by atoms with Gasteiger partial charge in [0.05, 0.1) is 36.5 Å². The molecule has 0 atom stereocenters. The molecule has 0 aliphatic carbocycles. The first-order valence-corrected chi connectivity index (χ1v) is 14.5. The summed E-state index contributed by atoms with van der Waals surface area (Å²) in [6.45, 7) is 11.6. The molecule has 5 aromatic rings. The van der Waals surface area contributed by atoms with E-state index in [0.29, 0.717) is 12.1 Å². The number of fused-ring (bicyclic) bond motifs is 3. The van der Waals surface area contributed by atoms with Crippen LogP contribution in [0.4, 0.5) is 5.82 Å². The molecule has 1 N–H and O–H groups in total. The maximum atomic E-state index is 12.6. The quantitative estimate of drug-likeness (QED) is 0.270. The van der Waals surface area contributed by atoms with Gasteiger partial charge in [0.25, 0.3) is 0 Å². The molecule has 0 saturated carbocycles. The minimum absolute atomic E-state index is 0.109. The van der Waals surface area contributed by atoms with E-state index in [1.165, 1.54) is 0 Å². The number of anilines is 1. The number of ether oxygens (including phenoxy) is 1. The molecule has 1 saturated heterocycles. The fourth-order valence-corrected chi connectivity index (χ4v) is 5.81. The topological polar surface area (TPSA) is 97.8 Å². The van der Waals surface area contributed by atoms with E-state index >= 15 is 0 Å². The van der Waals surface area contributed by atoms with Crippen molar-refractivity contribution in [3.05, 3.63) is 65.7 Å². The van der Waals surface area contributed by atoms with Crippen LogP contribution in [-0.4, -0.2) is 69.6 Å². The minimum Gasteiger partial charge on any atom is -0.379 e. The van der Waals surface area contributed by atoms with Gasteiger partial charge >= 0.3 is 0 Å². The lowest BCUT2D eigenvalue weighted by atomic mass is 9.93. The normalized spacial score (nSPS) is 14.8. The first kappa shape index (κ1) is 26.6. The number of nitrogens with one attached hydrogen (secondary N) is 1. The summed E-state index contributed by atoms with van der Waals surface area (Å²) in [5.74, 6) is 1.78. The molecule has 1 aliphatic heterocycles. The summed E-state index contributed by atoms with van der Waals surface area (Å²) < 4.78 is 12.9. The van der Waals surface area contributed by atoms with Crippen LogP contribution in [0.3, 0.4) is 0 Å². The Kier molecular flexibility index (Phi) is 7.39. The van der Waals surface area contributed by atoms with E-state index in [1.54, 1.807) is 11.3 Å². The number of benzene rings is 1. The number of nitrogens with zero attached hydrogens (tertiary/aromatic N) is 5. The number of thiazole rings is 1. The molecule has 0 bridgehead atoms. The highest BCUT2D eigenvalue weighted by Crippen LogP contribution is 2.29. The third-order valence-corrected chi connectivity index (χ3v) is 8.09. The molecule has 0 amide bonds. The number of imidazole rings is 1. The van der Waals surface area contributed by atoms with E-state index in [4.69, 9.17) is 19.2 Å². The monoisotopic (exact) mass is 558 g/mol. The molecule has 1 aliphatic rings. The van der Waals surface area contributed by atoms with Crippen molar-refractivity contribution >= 4 is 38.2 Å². The van der Waals surface area contributed by atoms with Crippen molar-refractivity contribution in [3.8, 4) is 11.3 Å². The minimum atomic E-state index is -0.127. The number of rotatable bonds is 9. The zero-order valence-electron chi connectivity index (χ0n) is 23.1. The van der Waals surface area contributed by atoms with Gasteiger partial charge in [-0.25, -0.2) is 9.97 Å². The second-order valence-electron chi connectivity index (χ2n) is 11.3. The van der Waals surface area contributed by atoms with Crippen LogP contribution < -0.4 is 5.32 Å². The van der Waals surface area contributed by atoms with Crippen LogP contribution in [0.15, 0.2) is 53.2 Å². The van der Waals surface area contributed by atoms with Crippen LogP contribution in [0.1, 0.15) is 37.8 Å². The number of morpholine rings is 1. The zero-order chi connectivity index (χ0) is 27.7. The lowest BCUT2D eigenvalue weighted by molar-refractivity contribution is -0.117. The number of carbonyl (C=O) groups excluding carboxylic acids is 1. The van der Waals surface area contributed by atoms with Gasteiger partial charge < -0.3 is 14.6 Å². The molecule has 4 aromatic heterocycles. The van der Waals surface area contributed by atoms with Crippen LogP contribution in [0, 0.1) is 0 Å². The Bertz CT molecular complexity index is 1620. The van der Waals surface area contributed by atoms with Gasteiger partial charge in [0, 0.05) is 55.8 Å². The fourth-order valence-electron chi connectivity index (χ4n) is 4.82. The van der Waals surface area contributed by atoms with Crippen molar-refractivity contribution in [1.29, 1.82) is 0 Å². The fraction of sp³-hybridized carbons (Fsp3) is 0.400. The maximum absolute atomic E-state index is 12.6. The molecule has 10 heteroatoms. The number of pyridine rings is 1. The second kappa shape index (κ2) is 11.1. The summed E-state index contributed by atoms with van der Waals surface area (Å²) in [4.78, 5) is 26.6. The number of Topliss-reactive ketones (excluding diaryl/α,β-unsaturated/α-hetero) is 1. The predicted octanol–water partition coefficient (Wildman–Crippen LogP) is 4.99. The molecule has 0 radical (unpaired) electrons. The molecule has 6 rings (SSSR count). The highest BCUT2D eigenvalue weighted by molar-refractivity contribution is 7.23. The van der Waals surface area contributed by atoms with Crippen LogP contribution in [0.5, 0.6) is 0 Å². The summed E-state index contributed by atoms with van der Waals surface area (Å²) in [5.41, 5.74) is 4.48. The molecule has 40 heavy (non-hydrogen) atoms. The van der Waals surface area contributed by atoms with E-state index in [9.17, 15) is 4.79 Å². The predicted molar refractivity (Wildman–Crippen MR) is 157 cm³/mol. The number of aromatic nitrogens is 4. The number of hydrogen-bond donors (Lipinski definition) is 1. The Morgan fingerprint density at radius 1 is 1.05 bits per heavy atom. The Balaban J connectivity index is 1.08. The van der Waals surface area contributed by atoms with Crippen LogP contribution >= 0.6 is 11.3 Å². The third kappa shape index (κ3) is 5.94. The Morgan fingerprint density at radius 2 is 1.85 bits per heavy atom. The van der Waals surface area contributed by atoms with Crippen molar-refractivity contribution in [3.63, 3.8) is 0 Å². The van der Waals surface area contributed by atoms with Gasteiger partial charge in [-0.2, -0.15) is 0 Å². The summed E-state index contributed by atoms with van der Waals surface area (Å²) in [5, 5.41) is 7.52. The van der Waals surface area contributed by atoms with Gasteiger partial charge in [-0.1, -0.05) is 61.5 Å². The van der Waals surface area contributed by atoms with Gasteiger partial charge in [0.2, 0.25) is 0 Å². The van der Waals surface area contributed by atoms with Gasteiger partial charge in [-0.15, -0.1) is 0 Å². The third-order valence-electron chi connectivity index (χ3n) is 7.13. The van der Waals surface area contributed by atoms with E-state index < -0.39 is 0 Å². The number of ketones is 1. The van der Waals surface area contributed by atoms with Crippen molar-refractivity contribution in [2.24, 2.45) is 0 Å². The van der Waals surface area contributed by atoms with Crippen molar-refractivity contribution in [1.82, 2.24) is 24.4 Å². The molecular formula is C30H34N6O3S. The van der Waals surface area contributed by atoms with Crippen LogP contribution in [-0.2, 0) is 27.8 Å².